The third-order valence-corrected chi connectivity index (χ3v) is 6.60. The van der Waals surface area contributed by atoms with Gasteiger partial charge < -0.3 is 29.3 Å². The van der Waals surface area contributed by atoms with Gasteiger partial charge in [0, 0.05) is 49.7 Å². The van der Waals surface area contributed by atoms with Crippen molar-refractivity contribution in [3.63, 3.8) is 0 Å². The molecule has 0 spiro atoms. The molecule has 1 aromatic heterocycles. The van der Waals surface area contributed by atoms with Crippen LogP contribution in [-0.4, -0.2) is 61.7 Å². The summed E-state index contributed by atoms with van der Waals surface area (Å²) in [6.07, 6.45) is 1.56. The van der Waals surface area contributed by atoms with E-state index in [9.17, 15) is 4.79 Å². The second-order valence-electron chi connectivity index (χ2n) is 7.79. The van der Waals surface area contributed by atoms with Crippen molar-refractivity contribution in [1.29, 1.82) is 0 Å². The van der Waals surface area contributed by atoms with Crippen LogP contribution in [-0.2, 0) is 4.79 Å². The van der Waals surface area contributed by atoms with Crippen molar-refractivity contribution in [1.82, 2.24) is 9.97 Å². The van der Waals surface area contributed by atoms with Crippen LogP contribution in [0.5, 0.6) is 17.2 Å². The molecule has 9 nitrogen and oxygen atoms in total. The predicted octanol–water partition coefficient (Wildman–Crippen LogP) is 3.27. The molecule has 0 saturated carbocycles. The molecular weight excluding hydrogens is 454 g/mol. The van der Waals surface area contributed by atoms with Gasteiger partial charge in [-0.15, -0.1) is 0 Å². The maximum Gasteiger partial charge on any atom is 0.234 e. The first-order valence-electron chi connectivity index (χ1n) is 11.0. The molecule has 10 heteroatoms. The average molecular weight is 480 g/mol. The summed E-state index contributed by atoms with van der Waals surface area (Å²) in [5.41, 5.74) is 1.86. The second kappa shape index (κ2) is 10.1. The largest absolute Gasteiger partial charge is 0.497 e. The molecule has 2 aromatic carbocycles. The fraction of sp³-hybridized carbons (Fsp3) is 0.292. The van der Waals surface area contributed by atoms with Crippen LogP contribution < -0.4 is 29.3 Å². The summed E-state index contributed by atoms with van der Waals surface area (Å²) in [6, 6.07) is 15.4. The first-order valence-corrected chi connectivity index (χ1v) is 11.9. The Bertz CT molecular complexity index is 1150. The summed E-state index contributed by atoms with van der Waals surface area (Å²) in [5, 5.41) is 3.65. The molecule has 1 amide bonds. The van der Waals surface area contributed by atoms with Crippen molar-refractivity contribution in [2.45, 2.75) is 5.03 Å². The van der Waals surface area contributed by atoms with E-state index in [4.69, 9.17) is 14.2 Å². The van der Waals surface area contributed by atoms with Crippen molar-refractivity contribution in [3.8, 4) is 17.2 Å². The van der Waals surface area contributed by atoms with Gasteiger partial charge in [0.05, 0.1) is 12.9 Å². The number of fused-ring (bicyclic) bond motifs is 1. The summed E-state index contributed by atoms with van der Waals surface area (Å²) in [7, 11) is 1.67. The van der Waals surface area contributed by atoms with Crippen molar-refractivity contribution >= 4 is 34.9 Å². The summed E-state index contributed by atoms with van der Waals surface area (Å²) < 4.78 is 15.9. The Kier molecular flexibility index (Phi) is 6.57. The number of piperazine rings is 1. The molecule has 0 atom stereocenters. The maximum absolute atomic E-state index is 12.4. The molecular formula is C24H25N5O4S. The molecule has 3 heterocycles. The lowest BCUT2D eigenvalue weighted by molar-refractivity contribution is -0.113. The molecule has 1 saturated heterocycles. The minimum absolute atomic E-state index is 0.114. The van der Waals surface area contributed by atoms with Crippen molar-refractivity contribution in [3.05, 3.63) is 54.9 Å². The number of hydrogen-bond acceptors (Lipinski definition) is 9. The number of carbonyl (C=O) groups excluding carboxylic acids is 1. The zero-order valence-corrected chi connectivity index (χ0v) is 19.6. The molecule has 176 valence electrons. The summed E-state index contributed by atoms with van der Waals surface area (Å²) in [4.78, 5) is 25.8. The van der Waals surface area contributed by atoms with Crippen LogP contribution in [0.1, 0.15) is 0 Å². The lowest BCUT2D eigenvalue weighted by atomic mass is 10.2. The molecule has 0 radical (unpaired) electrons. The number of hydrogen-bond donors (Lipinski definition) is 1. The highest BCUT2D eigenvalue weighted by Crippen LogP contribution is 2.34. The topological polar surface area (TPSA) is 89.1 Å². The molecule has 34 heavy (non-hydrogen) atoms. The number of nitrogens with one attached hydrogen (secondary N) is 1. The first kappa shape index (κ1) is 22.1. The number of nitrogens with zero attached hydrogens (tertiary/aromatic N) is 4. The van der Waals surface area contributed by atoms with Crippen molar-refractivity contribution in [2.75, 3.05) is 61.0 Å². The Morgan fingerprint density at radius 2 is 1.76 bits per heavy atom. The zero-order valence-electron chi connectivity index (χ0n) is 18.8. The molecule has 0 bridgehead atoms. The fourth-order valence-corrected chi connectivity index (χ4v) is 4.54. The standard InChI is InChI=1S/C24H25N5O4S/c1-31-19-5-3-18(4-6-19)28-8-10-29(11-9-28)22-13-24(26-15-25-22)34-14-23(30)27-17-2-7-20-21(12-17)33-16-32-20/h2-7,12-13,15H,8-11,14,16H2,1H3,(H,27,30). The van der Waals surface area contributed by atoms with E-state index in [1.165, 1.54) is 17.4 Å². The summed E-state index contributed by atoms with van der Waals surface area (Å²) >= 11 is 1.38. The lowest BCUT2D eigenvalue weighted by Crippen LogP contribution is -2.46. The van der Waals surface area contributed by atoms with E-state index < -0.39 is 0 Å². The number of rotatable bonds is 7. The molecule has 0 unspecified atom stereocenters. The SMILES string of the molecule is COc1ccc(N2CCN(c3cc(SCC(=O)Nc4ccc5c(c4)OCO5)ncn3)CC2)cc1. The maximum atomic E-state index is 12.4. The van der Waals surface area contributed by atoms with Gasteiger partial charge in [-0.25, -0.2) is 9.97 Å². The van der Waals surface area contributed by atoms with Gasteiger partial charge in [-0.05, 0) is 36.4 Å². The molecule has 1 N–H and O–H groups in total. The van der Waals surface area contributed by atoms with Gasteiger partial charge in [0.25, 0.3) is 0 Å². The number of aromatic nitrogens is 2. The van der Waals surface area contributed by atoms with E-state index in [2.05, 4.69) is 37.2 Å². The Labute approximate surface area is 202 Å². The quantitative estimate of drug-likeness (QED) is 0.405. The lowest BCUT2D eigenvalue weighted by Gasteiger charge is -2.36. The van der Waals surface area contributed by atoms with Crippen LogP contribution >= 0.6 is 11.8 Å². The Balaban J connectivity index is 1.13. The molecule has 2 aliphatic rings. The van der Waals surface area contributed by atoms with Crippen LogP contribution in [0.4, 0.5) is 17.2 Å². The fourth-order valence-electron chi connectivity index (χ4n) is 3.88. The second-order valence-corrected chi connectivity index (χ2v) is 8.79. The van der Waals surface area contributed by atoms with Gasteiger partial charge in [0.15, 0.2) is 11.5 Å². The van der Waals surface area contributed by atoms with Gasteiger partial charge in [0.2, 0.25) is 12.7 Å². The van der Waals surface area contributed by atoms with Crippen LogP contribution in [0.3, 0.4) is 0 Å². The van der Waals surface area contributed by atoms with Crippen molar-refractivity contribution in [2.24, 2.45) is 0 Å². The van der Waals surface area contributed by atoms with E-state index in [1.807, 2.05) is 18.2 Å². The smallest absolute Gasteiger partial charge is 0.234 e. The highest BCUT2D eigenvalue weighted by molar-refractivity contribution is 7.99. The van der Waals surface area contributed by atoms with E-state index in [-0.39, 0.29) is 18.5 Å². The van der Waals surface area contributed by atoms with Gasteiger partial charge in [-0.2, -0.15) is 0 Å². The normalized spacial score (nSPS) is 14.7. The molecule has 2 aliphatic heterocycles. The minimum Gasteiger partial charge on any atom is -0.497 e. The number of thioether (sulfide) groups is 1. The summed E-state index contributed by atoms with van der Waals surface area (Å²) in [5.74, 6) is 3.19. The van der Waals surface area contributed by atoms with Crippen LogP contribution in [0, 0.1) is 0 Å². The highest BCUT2D eigenvalue weighted by atomic mass is 32.2. The van der Waals surface area contributed by atoms with Gasteiger partial charge in [0.1, 0.15) is 22.9 Å². The minimum atomic E-state index is -0.114. The van der Waals surface area contributed by atoms with Crippen LogP contribution in [0.15, 0.2) is 59.9 Å². The van der Waals surface area contributed by atoms with Gasteiger partial charge in [-0.1, -0.05) is 11.8 Å². The number of amides is 1. The van der Waals surface area contributed by atoms with E-state index in [0.29, 0.717) is 17.2 Å². The first-order chi connectivity index (χ1) is 16.7. The Morgan fingerprint density at radius 1 is 1.00 bits per heavy atom. The van der Waals surface area contributed by atoms with Crippen LogP contribution in [0.25, 0.3) is 0 Å². The van der Waals surface area contributed by atoms with Gasteiger partial charge >= 0.3 is 0 Å². The third kappa shape index (κ3) is 5.12. The number of carbonyl (C=O) groups is 1. The molecule has 3 aromatic rings. The number of methoxy groups -OCH3 is 1. The molecule has 5 rings (SSSR count). The summed E-state index contributed by atoms with van der Waals surface area (Å²) in [6.45, 7) is 3.72. The van der Waals surface area contributed by atoms with E-state index in [1.54, 1.807) is 31.6 Å². The Hall–Kier alpha value is -3.66. The highest BCUT2D eigenvalue weighted by Gasteiger charge is 2.19. The van der Waals surface area contributed by atoms with Gasteiger partial charge in [-0.3, -0.25) is 4.79 Å². The average Bonchev–Trinajstić information content (AvgIpc) is 3.36. The number of ether oxygens (including phenoxy) is 3. The van der Waals surface area contributed by atoms with E-state index in [0.717, 1.165) is 42.8 Å². The number of benzene rings is 2. The van der Waals surface area contributed by atoms with Crippen LogP contribution in [0.2, 0.25) is 0 Å². The number of anilines is 3. The Morgan fingerprint density at radius 3 is 2.56 bits per heavy atom. The van der Waals surface area contributed by atoms with E-state index >= 15 is 0 Å². The monoisotopic (exact) mass is 479 g/mol. The molecule has 1 fully saturated rings. The zero-order chi connectivity index (χ0) is 23.3. The molecule has 0 aliphatic carbocycles. The van der Waals surface area contributed by atoms with Crippen molar-refractivity contribution < 1.29 is 19.0 Å². The third-order valence-electron chi connectivity index (χ3n) is 5.68. The predicted molar refractivity (Wildman–Crippen MR) is 131 cm³/mol.